The van der Waals surface area contributed by atoms with Crippen LogP contribution in [0.25, 0.3) is 67.9 Å². The Morgan fingerprint density at radius 2 is 0.490 bits per heavy atom. The normalized spacial score (nSPS) is 9.76. The van der Waals surface area contributed by atoms with Crippen LogP contribution in [0.5, 0.6) is 0 Å². The molecule has 0 aliphatic carbocycles. The van der Waals surface area contributed by atoms with E-state index >= 15 is 0 Å². The van der Waals surface area contributed by atoms with Crippen molar-refractivity contribution in [2.24, 2.45) is 0 Å². The average Bonchev–Trinajstić information content (AvgIpc) is 2.46. The first kappa shape index (κ1) is 73.6. The minimum absolute atomic E-state index is 0. The maximum absolute atomic E-state index is 4.62. The molecule has 12 heteroatoms. The second-order valence-electron chi connectivity index (χ2n) is 20.4. The van der Waals surface area contributed by atoms with Gasteiger partial charge >= 0.3 is 50.8 Å². The van der Waals surface area contributed by atoms with Gasteiger partial charge in [-0.2, -0.15) is 0 Å². The van der Waals surface area contributed by atoms with Crippen LogP contribution >= 0.6 is 0 Å². The summed E-state index contributed by atoms with van der Waals surface area (Å²) in [6.07, 6.45) is 5.33. The molecule has 9 aromatic carbocycles. The third-order valence-electron chi connectivity index (χ3n) is 13.8. The van der Waals surface area contributed by atoms with Gasteiger partial charge in [0.05, 0.1) is 34.2 Å². The van der Waals surface area contributed by atoms with Gasteiger partial charge in [-0.3, -0.25) is 29.9 Å². The second-order valence-corrected chi connectivity index (χ2v) is 23.9. The van der Waals surface area contributed by atoms with Crippen LogP contribution in [-0.4, -0.2) is 62.0 Å². The van der Waals surface area contributed by atoms with E-state index in [1.54, 1.807) is 18.6 Å². The zero-order valence-corrected chi connectivity index (χ0v) is 57.7. The second kappa shape index (κ2) is 41.8. The van der Waals surface area contributed by atoms with Crippen molar-refractivity contribution in [2.75, 3.05) is 0 Å². The van der Waals surface area contributed by atoms with Gasteiger partial charge in [0, 0.05) is 68.1 Å². The summed E-state index contributed by atoms with van der Waals surface area (Å²) in [6, 6.07) is 132. The Bertz CT molecular complexity index is 3930. The third-order valence-corrected chi connectivity index (χ3v) is 17.2. The van der Waals surface area contributed by atoms with E-state index in [0.717, 1.165) is 67.9 Å². The van der Waals surface area contributed by atoms with Crippen molar-refractivity contribution in [3.8, 4) is 67.9 Å². The van der Waals surface area contributed by atoms with Crippen molar-refractivity contribution in [1.29, 1.82) is 0 Å². The van der Waals surface area contributed by atoms with Crippen molar-refractivity contribution < 1.29 is 49.5 Å². The number of benzene rings is 9. The van der Waals surface area contributed by atoms with E-state index in [1.807, 2.05) is 224 Å². The predicted molar refractivity (Wildman–Crippen MR) is 389 cm³/mol. The smallest absolute Gasteiger partial charge is 0.154 e. The van der Waals surface area contributed by atoms with Gasteiger partial charge < -0.3 is 0 Å². The summed E-state index contributed by atoms with van der Waals surface area (Å²) in [7, 11) is 1.29. The maximum atomic E-state index is 4.62. The molecule has 0 atom stereocenters. The Labute approximate surface area is 606 Å². The molecule has 475 valence electrons. The number of rotatable bonds is 11. The Balaban J connectivity index is 0.000000164. The summed E-state index contributed by atoms with van der Waals surface area (Å²) in [4.78, 5) is 26.8. The van der Waals surface area contributed by atoms with E-state index in [0.29, 0.717) is 0 Å². The Morgan fingerprint density at radius 1 is 0.240 bits per heavy atom. The van der Waals surface area contributed by atoms with Crippen LogP contribution < -0.4 is 30.9 Å². The molecule has 15 rings (SSSR count). The molecule has 0 fully saturated rings. The van der Waals surface area contributed by atoms with Gasteiger partial charge in [0.25, 0.3) is 0 Å². The molecule has 0 aliphatic rings. The molecule has 6 heterocycles. The number of pyridine rings is 6. The summed E-state index contributed by atoms with van der Waals surface area (Å²) in [5.41, 5.74) is 13.5. The first-order valence-corrected chi connectivity index (χ1v) is 32.7. The third kappa shape index (κ3) is 23.9. The topological polar surface area (TPSA) is 77.3 Å². The molecule has 0 bridgehead atoms. The molecule has 6 nitrogen and oxygen atoms in total. The first-order chi connectivity index (χ1) is 46.1. The van der Waals surface area contributed by atoms with Crippen molar-refractivity contribution in [3.05, 3.63) is 401 Å². The van der Waals surface area contributed by atoms with Crippen LogP contribution in [0.3, 0.4) is 0 Å². The molecule has 0 unspecified atom stereocenters. The van der Waals surface area contributed by atoms with Crippen LogP contribution in [0, 0.1) is 18.2 Å². The van der Waals surface area contributed by atoms with Crippen LogP contribution in [0.15, 0.2) is 383 Å². The molecule has 0 saturated heterocycles. The van der Waals surface area contributed by atoms with Gasteiger partial charge in [-0.25, -0.2) is 0 Å². The zero-order chi connectivity index (χ0) is 63.6. The number of hydrogen-bond donors (Lipinski definition) is 0. The summed E-state index contributed by atoms with van der Waals surface area (Å²) in [5.74, 6) is 0. The Hall–Kier alpha value is -9.84. The molecule has 96 heavy (non-hydrogen) atoms. The largest absolute Gasteiger partial charge is 0.295 e. The van der Waals surface area contributed by atoms with Crippen LogP contribution in [-0.2, 0) is 49.5 Å². The fourth-order valence-electron chi connectivity index (χ4n) is 9.41. The van der Waals surface area contributed by atoms with E-state index in [1.165, 1.54) is 30.9 Å². The van der Waals surface area contributed by atoms with Gasteiger partial charge in [-0.15, -0.1) is 108 Å². The molecule has 6 aromatic heterocycles. The van der Waals surface area contributed by atoms with Crippen molar-refractivity contribution >= 4 is 63.0 Å². The summed E-state index contributed by atoms with van der Waals surface area (Å²) >= 11 is 2.90. The van der Waals surface area contributed by atoms with Crippen LogP contribution in [0.2, 0.25) is 0 Å². The molecular formula is C84H63BN6Ni3SeSi-3. The number of aromatic nitrogens is 6. The molecule has 3 radical (unpaired) electrons. The number of hydrogen-bond acceptors (Lipinski definition) is 6. The van der Waals surface area contributed by atoms with Crippen LogP contribution in [0.1, 0.15) is 0 Å². The zero-order valence-electron chi connectivity index (χ0n) is 52.0. The van der Waals surface area contributed by atoms with E-state index < -0.39 is 8.80 Å². The predicted octanol–water partition coefficient (Wildman–Crippen LogP) is 14.8. The molecule has 0 saturated carbocycles. The molecule has 0 N–H and O–H groups in total. The fraction of sp³-hybridized carbons (Fsp3) is 0. The Kier molecular flexibility index (Phi) is 32.0. The van der Waals surface area contributed by atoms with Gasteiger partial charge in [0.1, 0.15) is 0 Å². The van der Waals surface area contributed by atoms with Gasteiger partial charge in [0.2, 0.25) is 0 Å². The molecule has 0 amide bonds. The first-order valence-electron chi connectivity index (χ1n) is 30.4. The van der Waals surface area contributed by atoms with Gasteiger partial charge in [0.15, 0.2) is 16.1 Å². The van der Waals surface area contributed by atoms with Gasteiger partial charge in [-0.05, 0) is 71.7 Å². The van der Waals surface area contributed by atoms with E-state index in [9.17, 15) is 0 Å². The number of nitrogens with zero attached hydrogens (tertiary/aromatic N) is 6. The van der Waals surface area contributed by atoms with E-state index in [4.69, 9.17) is 0 Å². The van der Waals surface area contributed by atoms with Crippen molar-refractivity contribution in [2.45, 2.75) is 0 Å². The molecule has 0 aliphatic heterocycles. The average molecular weight is 1450 g/mol. The van der Waals surface area contributed by atoms with Crippen molar-refractivity contribution in [3.63, 3.8) is 0 Å². The molecule has 0 spiro atoms. The standard InChI is InChI=1S/C18H15Si.3C16H11N2.C12H10B.C6H5Se.3Ni/c1-4-10-16(11-5-1)19(17-12-6-2-7-13-17)18-14-8-3-9-15-18;3*1-2-7-13(8-3-1)14-10-6-11-16(18-14)15-9-4-5-12-17-15;1-3-7-11(8-4-1)13-12-9-5-2-6-10-12;7-6-4-2-1-3-5-6;;;/h1-15H;3*1-7,9-12H;1-10H;1-5H;;;/q;3*-1;;;;;. The van der Waals surface area contributed by atoms with Crippen LogP contribution in [0.4, 0.5) is 0 Å². The van der Waals surface area contributed by atoms with E-state index in [2.05, 4.69) is 211 Å². The summed E-state index contributed by atoms with van der Waals surface area (Å²) < 4.78 is 1.20. The SMILES string of the molecule is [B](c1ccccc1)c1ccccc1.[Ni].[Ni].[Ni].[Se]c1ccccc1.[c-]1ccccc1-c1cccc(-c2ccccn2)n1.[c-]1ccccc1-c1cccc(-c2ccccn2)n1.[c-]1ccccc1-c1cccc(-c2ccccn2)n1.c1ccc([Si](c2ccccc2)c2ccccc2)cc1. The summed E-state index contributed by atoms with van der Waals surface area (Å²) in [6.45, 7) is 0. The van der Waals surface area contributed by atoms with Crippen molar-refractivity contribution in [1.82, 2.24) is 29.9 Å². The molecule has 15 aromatic rings. The monoisotopic (exact) mass is 1450 g/mol. The van der Waals surface area contributed by atoms with Gasteiger partial charge in [-0.1, -0.05) is 233 Å². The molecular weight excluding hydrogens is 1390 g/mol. The van der Waals surface area contributed by atoms with E-state index in [-0.39, 0.29) is 49.5 Å². The maximum Gasteiger partial charge on any atom is 0.154 e. The fourth-order valence-corrected chi connectivity index (χ4v) is 12.3. The minimum atomic E-state index is -0.877. The quantitative estimate of drug-likeness (QED) is 0.0729. The summed E-state index contributed by atoms with van der Waals surface area (Å²) in [5, 5.41) is 4.31. The minimum Gasteiger partial charge on any atom is -0.295 e. The Morgan fingerprint density at radius 3 is 0.740 bits per heavy atom.